The van der Waals surface area contributed by atoms with E-state index in [4.69, 9.17) is 14.5 Å². The Morgan fingerprint density at radius 1 is 1.17 bits per heavy atom. The van der Waals surface area contributed by atoms with Gasteiger partial charge >= 0.3 is 0 Å². The van der Waals surface area contributed by atoms with Gasteiger partial charge in [0.25, 0.3) is 0 Å². The average molecular weight is 333 g/mol. The second-order valence-electron chi connectivity index (χ2n) is 5.85. The molecule has 1 aliphatic heterocycles. The predicted molar refractivity (Wildman–Crippen MR) is 98.6 cm³/mol. The standard InChI is InChI=1S/C19H31N3O2/c1-4-20-19(22-13-11-17(12-14-22)23-5-2)21-15-16-9-7-8-10-18(16)24-6-3/h7-10,17H,4-6,11-15H2,1-3H3,(H,20,21). The van der Waals surface area contributed by atoms with Gasteiger partial charge in [-0.05, 0) is 39.7 Å². The number of rotatable bonds is 7. The lowest BCUT2D eigenvalue weighted by molar-refractivity contribution is 0.0263. The second-order valence-corrected chi connectivity index (χ2v) is 5.85. The summed E-state index contributed by atoms with van der Waals surface area (Å²) in [5.74, 6) is 1.91. The monoisotopic (exact) mass is 333 g/mol. The van der Waals surface area contributed by atoms with E-state index >= 15 is 0 Å². The smallest absolute Gasteiger partial charge is 0.194 e. The van der Waals surface area contributed by atoms with Gasteiger partial charge in [0, 0.05) is 31.8 Å². The number of ether oxygens (including phenoxy) is 2. The fraction of sp³-hybridized carbons (Fsp3) is 0.632. The molecule has 0 saturated carbocycles. The van der Waals surface area contributed by atoms with Crippen molar-refractivity contribution in [3.05, 3.63) is 29.8 Å². The minimum absolute atomic E-state index is 0.396. The van der Waals surface area contributed by atoms with Crippen LogP contribution < -0.4 is 10.1 Å². The van der Waals surface area contributed by atoms with Crippen LogP contribution in [0.25, 0.3) is 0 Å². The number of hydrogen-bond donors (Lipinski definition) is 1. The number of aliphatic imine (C=N–C) groups is 1. The maximum absolute atomic E-state index is 5.74. The number of nitrogens with one attached hydrogen (secondary N) is 1. The van der Waals surface area contributed by atoms with Gasteiger partial charge in [-0.3, -0.25) is 0 Å². The zero-order valence-electron chi connectivity index (χ0n) is 15.3. The first-order valence-electron chi connectivity index (χ1n) is 9.14. The predicted octanol–water partition coefficient (Wildman–Crippen LogP) is 3.05. The molecule has 1 aromatic carbocycles. The molecule has 5 heteroatoms. The zero-order chi connectivity index (χ0) is 17.2. The first-order chi connectivity index (χ1) is 11.8. The van der Waals surface area contributed by atoms with Crippen LogP contribution in [-0.4, -0.2) is 49.8 Å². The largest absolute Gasteiger partial charge is 0.494 e. The molecule has 5 nitrogen and oxygen atoms in total. The van der Waals surface area contributed by atoms with E-state index in [1.165, 1.54) is 0 Å². The molecular formula is C19H31N3O2. The van der Waals surface area contributed by atoms with E-state index in [0.717, 1.165) is 56.4 Å². The number of benzene rings is 1. The molecule has 0 aromatic heterocycles. The molecular weight excluding hydrogens is 302 g/mol. The number of guanidine groups is 1. The molecule has 0 unspecified atom stereocenters. The van der Waals surface area contributed by atoms with Crippen molar-refractivity contribution in [1.82, 2.24) is 10.2 Å². The topological polar surface area (TPSA) is 46.1 Å². The third-order valence-corrected chi connectivity index (χ3v) is 4.15. The van der Waals surface area contributed by atoms with E-state index in [0.29, 0.717) is 19.3 Å². The number of para-hydroxylation sites is 1. The molecule has 0 bridgehead atoms. The van der Waals surface area contributed by atoms with Gasteiger partial charge in [0.2, 0.25) is 0 Å². The lowest BCUT2D eigenvalue weighted by Gasteiger charge is -2.34. The van der Waals surface area contributed by atoms with Crippen molar-refractivity contribution in [2.45, 2.75) is 46.3 Å². The summed E-state index contributed by atoms with van der Waals surface area (Å²) >= 11 is 0. The highest BCUT2D eigenvalue weighted by Gasteiger charge is 2.21. The first kappa shape index (κ1) is 18.6. The summed E-state index contributed by atoms with van der Waals surface area (Å²) in [5, 5.41) is 3.42. The van der Waals surface area contributed by atoms with Gasteiger partial charge in [0.05, 0.1) is 19.3 Å². The molecule has 1 heterocycles. The fourth-order valence-electron chi connectivity index (χ4n) is 2.99. The minimum Gasteiger partial charge on any atom is -0.494 e. The Kier molecular flexibility index (Phi) is 7.89. The lowest BCUT2D eigenvalue weighted by Crippen LogP contribution is -2.47. The maximum atomic E-state index is 5.74. The molecule has 1 N–H and O–H groups in total. The molecule has 2 rings (SSSR count). The molecule has 1 aliphatic rings. The maximum Gasteiger partial charge on any atom is 0.194 e. The number of likely N-dealkylation sites (tertiary alicyclic amines) is 1. The third-order valence-electron chi connectivity index (χ3n) is 4.15. The molecule has 0 aliphatic carbocycles. The van der Waals surface area contributed by atoms with Crippen LogP contribution in [0, 0.1) is 0 Å². The van der Waals surface area contributed by atoms with Crippen LogP contribution in [0.15, 0.2) is 29.3 Å². The van der Waals surface area contributed by atoms with Crippen LogP contribution in [-0.2, 0) is 11.3 Å². The van der Waals surface area contributed by atoms with Crippen LogP contribution in [0.4, 0.5) is 0 Å². The van der Waals surface area contributed by atoms with Crippen LogP contribution in [0.5, 0.6) is 5.75 Å². The van der Waals surface area contributed by atoms with Gasteiger partial charge in [-0.15, -0.1) is 0 Å². The third kappa shape index (κ3) is 5.41. The molecule has 0 atom stereocenters. The Morgan fingerprint density at radius 3 is 2.58 bits per heavy atom. The van der Waals surface area contributed by atoms with Crippen molar-refractivity contribution >= 4 is 5.96 Å². The van der Waals surface area contributed by atoms with Crippen molar-refractivity contribution < 1.29 is 9.47 Å². The van der Waals surface area contributed by atoms with Crippen molar-refractivity contribution in [3.63, 3.8) is 0 Å². The van der Waals surface area contributed by atoms with Crippen molar-refractivity contribution in [2.75, 3.05) is 32.8 Å². The van der Waals surface area contributed by atoms with Gasteiger partial charge in [-0.25, -0.2) is 4.99 Å². The average Bonchev–Trinajstić information content (AvgIpc) is 2.61. The van der Waals surface area contributed by atoms with E-state index in [9.17, 15) is 0 Å². The Labute approximate surface area is 146 Å². The van der Waals surface area contributed by atoms with Crippen LogP contribution in [0.1, 0.15) is 39.2 Å². The highest BCUT2D eigenvalue weighted by atomic mass is 16.5. The Hall–Kier alpha value is -1.75. The molecule has 0 amide bonds. The molecule has 1 saturated heterocycles. The fourth-order valence-corrected chi connectivity index (χ4v) is 2.99. The lowest BCUT2D eigenvalue weighted by atomic mass is 10.1. The summed E-state index contributed by atoms with van der Waals surface area (Å²) in [7, 11) is 0. The number of piperidine rings is 1. The summed E-state index contributed by atoms with van der Waals surface area (Å²) < 4.78 is 11.4. The summed E-state index contributed by atoms with van der Waals surface area (Å²) in [6, 6.07) is 8.13. The van der Waals surface area contributed by atoms with E-state index in [1.54, 1.807) is 0 Å². The number of hydrogen-bond acceptors (Lipinski definition) is 3. The first-order valence-corrected chi connectivity index (χ1v) is 9.14. The highest BCUT2D eigenvalue weighted by Crippen LogP contribution is 2.19. The van der Waals surface area contributed by atoms with Gasteiger partial charge in [0.1, 0.15) is 5.75 Å². The minimum atomic E-state index is 0.396. The second kappa shape index (κ2) is 10.2. The molecule has 0 radical (unpaired) electrons. The molecule has 1 aromatic rings. The van der Waals surface area contributed by atoms with E-state index in [-0.39, 0.29) is 0 Å². The normalized spacial score (nSPS) is 16.3. The SMILES string of the molecule is CCNC(=NCc1ccccc1OCC)N1CCC(OCC)CC1. The molecule has 134 valence electrons. The van der Waals surface area contributed by atoms with E-state index in [2.05, 4.69) is 30.1 Å². The van der Waals surface area contributed by atoms with E-state index in [1.807, 2.05) is 25.1 Å². The van der Waals surface area contributed by atoms with Gasteiger partial charge in [0.15, 0.2) is 5.96 Å². The van der Waals surface area contributed by atoms with Crippen molar-refractivity contribution in [2.24, 2.45) is 4.99 Å². The zero-order valence-corrected chi connectivity index (χ0v) is 15.3. The van der Waals surface area contributed by atoms with Crippen molar-refractivity contribution in [1.29, 1.82) is 0 Å². The quantitative estimate of drug-likeness (QED) is 0.615. The molecule has 24 heavy (non-hydrogen) atoms. The van der Waals surface area contributed by atoms with Crippen LogP contribution in [0.2, 0.25) is 0 Å². The van der Waals surface area contributed by atoms with Crippen molar-refractivity contribution in [3.8, 4) is 5.75 Å². The molecule has 0 spiro atoms. The van der Waals surface area contributed by atoms with Gasteiger partial charge < -0.3 is 19.7 Å². The molecule has 1 fully saturated rings. The summed E-state index contributed by atoms with van der Waals surface area (Å²) in [5.41, 5.74) is 1.12. The summed E-state index contributed by atoms with van der Waals surface area (Å²) in [6.07, 6.45) is 2.52. The van der Waals surface area contributed by atoms with Crippen LogP contribution >= 0.6 is 0 Å². The van der Waals surface area contributed by atoms with Gasteiger partial charge in [-0.2, -0.15) is 0 Å². The Morgan fingerprint density at radius 2 is 1.92 bits per heavy atom. The summed E-state index contributed by atoms with van der Waals surface area (Å²) in [4.78, 5) is 7.17. The van der Waals surface area contributed by atoms with Crippen LogP contribution in [0.3, 0.4) is 0 Å². The van der Waals surface area contributed by atoms with Gasteiger partial charge in [-0.1, -0.05) is 18.2 Å². The Balaban J connectivity index is 2.01. The van der Waals surface area contributed by atoms with E-state index < -0.39 is 0 Å². The number of nitrogens with zero attached hydrogens (tertiary/aromatic N) is 2. The Bertz CT molecular complexity index is 511. The summed E-state index contributed by atoms with van der Waals surface area (Å²) in [6.45, 7) is 11.1. The highest BCUT2D eigenvalue weighted by molar-refractivity contribution is 5.80.